The van der Waals surface area contributed by atoms with Gasteiger partial charge < -0.3 is 14.4 Å². The number of carbonyl (C=O) groups is 1. The first-order chi connectivity index (χ1) is 14.9. The first-order valence-corrected chi connectivity index (χ1v) is 12.6. The van der Waals surface area contributed by atoms with Crippen LogP contribution >= 0.6 is 0 Å². The van der Waals surface area contributed by atoms with Crippen LogP contribution in [0.2, 0.25) is 0 Å². The van der Waals surface area contributed by atoms with Gasteiger partial charge in [0, 0.05) is 18.2 Å². The third-order valence-electron chi connectivity index (χ3n) is 5.54. The van der Waals surface area contributed by atoms with Gasteiger partial charge in [-0.15, -0.1) is 0 Å². The van der Waals surface area contributed by atoms with Crippen molar-refractivity contribution in [3.63, 3.8) is 0 Å². The van der Waals surface area contributed by atoms with Crippen molar-refractivity contribution in [3.05, 3.63) is 59.7 Å². The summed E-state index contributed by atoms with van der Waals surface area (Å²) in [5, 5.41) is 0. The molecule has 0 radical (unpaired) electrons. The van der Waals surface area contributed by atoms with Crippen molar-refractivity contribution < 1.29 is 22.7 Å². The van der Waals surface area contributed by atoms with Crippen molar-refractivity contribution in [1.29, 1.82) is 0 Å². The molecule has 1 fully saturated rings. The second-order valence-electron chi connectivity index (χ2n) is 7.92. The number of nitrogens with zero attached hydrogens (tertiary/aromatic N) is 1. The van der Waals surface area contributed by atoms with Crippen molar-refractivity contribution in [2.24, 2.45) is 0 Å². The average Bonchev–Trinajstić information content (AvgIpc) is 3.15. The number of benzene rings is 2. The molecule has 1 aliphatic heterocycles. The molecule has 0 unspecified atom stereocenters. The van der Waals surface area contributed by atoms with Crippen LogP contribution in [-0.2, 0) is 16.4 Å². The number of unbranched alkanes of at least 4 members (excludes halogenated alkanes) is 2. The van der Waals surface area contributed by atoms with Gasteiger partial charge >= 0.3 is 0 Å². The van der Waals surface area contributed by atoms with E-state index in [1.807, 2.05) is 24.3 Å². The molecule has 31 heavy (non-hydrogen) atoms. The lowest BCUT2D eigenvalue weighted by atomic mass is 10.1. The Labute approximate surface area is 185 Å². The van der Waals surface area contributed by atoms with E-state index >= 15 is 0 Å². The molecule has 1 amide bonds. The number of amides is 1. The lowest BCUT2D eigenvalue weighted by Gasteiger charge is -2.28. The molecular formula is C24H31NO5S. The fraction of sp³-hybridized carbons (Fsp3) is 0.458. The quantitative estimate of drug-likeness (QED) is 0.515. The van der Waals surface area contributed by atoms with Crippen molar-refractivity contribution in [2.75, 3.05) is 25.2 Å². The zero-order chi connectivity index (χ0) is 22.3. The minimum absolute atomic E-state index is 0.00746. The van der Waals surface area contributed by atoms with E-state index in [0.29, 0.717) is 25.1 Å². The van der Waals surface area contributed by atoms with Crippen molar-refractivity contribution >= 4 is 15.7 Å². The molecule has 2 aromatic carbocycles. The molecule has 0 N–H and O–H groups in total. The molecule has 7 heteroatoms. The number of sulfone groups is 1. The van der Waals surface area contributed by atoms with Gasteiger partial charge in [-0.2, -0.15) is 0 Å². The molecule has 0 saturated carbocycles. The number of methoxy groups -OCH3 is 1. The molecule has 0 bridgehead atoms. The van der Waals surface area contributed by atoms with Crippen LogP contribution in [-0.4, -0.2) is 50.5 Å². The maximum absolute atomic E-state index is 13.3. The van der Waals surface area contributed by atoms with E-state index in [0.717, 1.165) is 36.3 Å². The van der Waals surface area contributed by atoms with E-state index in [4.69, 9.17) is 9.47 Å². The standard InChI is InChI=1S/C24H31NO5S/c1-3-4-5-15-30-23-12-8-20(9-13-23)24(26)25(21-14-16-31(27,28)18-21)17-19-6-10-22(29-2)11-7-19/h6-13,21H,3-5,14-18H2,1-2H3/t21-/m0/s1. The zero-order valence-corrected chi connectivity index (χ0v) is 19.1. The van der Waals surface area contributed by atoms with Crippen LogP contribution in [0.15, 0.2) is 48.5 Å². The summed E-state index contributed by atoms with van der Waals surface area (Å²) in [6.45, 7) is 3.15. The van der Waals surface area contributed by atoms with Crippen molar-refractivity contribution in [1.82, 2.24) is 4.90 Å². The summed E-state index contributed by atoms with van der Waals surface area (Å²) in [4.78, 5) is 15.0. The predicted octanol–water partition coefficient (Wildman–Crippen LogP) is 4.09. The summed E-state index contributed by atoms with van der Waals surface area (Å²) in [6, 6.07) is 14.3. The molecule has 0 aromatic heterocycles. The number of hydrogen-bond donors (Lipinski definition) is 0. The number of hydrogen-bond acceptors (Lipinski definition) is 5. The van der Waals surface area contributed by atoms with Crippen LogP contribution < -0.4 is 9.47 Å². The van der Waals surface area contributed by atoms with Gasteiger partial charge in [-0.05, 0) is 54.8 Å². The summed E-state index contributed by atoms with van der Waals surface area (Å²) in [5.41, 5.74) is 1.45. The van der Waals surface area contributed by atoms with Crippen LogP contribution in [0, 0.1) is 0 Å². The van der Waals surface area contributed by atoms with Gasteiger partial charge in [-0.25, -0.2) is 8.42 Å². The van der Waals surface area contributed by atoms with Crippen molar-refractivity contribution in [2.45, 2.75) is 45.2 Å². The largest absolute Gasteiger partial charge is 0.497 e. The average molecular weight is 446 g/mol. The fourth-order valence-corrected chi connectivity index (χ4v) is 5.45. The minimum Gasteiger partial charge on any atom is -0.497 e. The Hall–Kier alpha value is -2.54. The Morgan fingerprint density at radius 2 is 1.71 bits per heavy atom. The predicted molar refractivity (Wildman–Crippen MR) is 121 cm³/mol. The Balaban J connectivity index is 1.75. The molecule has 168 valence electrons. The number of ether oxygens (including phenoxy) is 2. The Morgan fingerprint density at radius 3 is 2.29 bits per heavy atom. The zero-order valence-electron chi connectivity index (χ0n) is 18.2. The van der Waals surface area contributed by atoms with Gasteiger partial charge in [0.1, 0.15) is 11.5 Å². The van der Waals surface area contributed by atoms with Crippen LogP contribution in [0.1, 0.15) is 48.5 Å². The smallest absolute Gasteiger partial charge is 0.254 e. The maximum Gasteiger partial charge on any atom is 0.254 e. The van der Waals surface area contributed by atoms with E-state index in [-0.39, 0.29) is 23.5 Å². The van der Waals surface area contributed by atoms with E-state index in [1.165, 1.54) is 0 Å². The molecule has 0 aliphatic carbocycles. The molecule has 1 heterocycles. The molecule has 3 rings (SSSR count). The molecule has 1 atom stereocenters. The van der Waals surface area contributed by atoms with Crippen LogP contribution in [0.4, 0.5) is 0 Å². The van der Waals surface area contributed by atoms with E-state index < -0.39 is 9.84 Å². The Morgan fingerprint density at radius 1 is 1.03 bits per heavy atom. The molecule has 2 aromatic rings. The summed E-state index contributed by atoms with van der Waals surface area (Å²) in [5.74, 6) is 1.43. The Bertz CT molecular complexity index is 954. The highest BCUT2D eigenvalue weighted by molar-refractivity contribution is 7.91. The summed E-state index contributed by atoms with van der Waals surface area (Å²) in [6.07, 6.45) is 3.73. The molecule has 1 saturated heterocycles. The Kier molecular flexibility index (Phi) is 7.96. The fourth-order valence-electron chi connectivity index (χ4n) is 3.72. The second kappa shape index (κ2) is 10.7. The highest BCUT2D eigenvalue weighted by atomic mass is 32.2. The lowest BCUT2D eigenvalue weighted by molar-refractivity contribution is 0.0681. The first kappa shape index (κ1) is 23.1. The van der Waals surface area contributed by atoms with E-state index in [1.54, 1.807) is 36.3 Å². The summed E-state index contributed by atoms with van der Waals surface area (Å²) in [7, 11) is -1.51. The van der Waals surface area contributed by atoms with Crippen LogP contribution in [0.25, 0.3) is 0 Å². The lowest BCUT2D eigenvalue weighted by Crippen LogP contribution is -2.40. The van der Waals surface area contributed by atoms with Crippen LogP contribution in [0.3, 0.4) is 0 Å². The molecule has 6 nitrogen and oxygen atoms in total. The minimum atomic E-state index is -3.11. The highest BCUT2D eigenvalue weighted by Gasteiger charge is 2.35. The molecular weight excluding hydrogens is 414 g/mol. The topological polar surface area (TPSA) is 72.9 Å². The SMILES string of the molecule is CCCCCOc1ccc(C(=O)N(Cc2ccc(OC)cc2)[C@H]2CCS(=O)(=O)C2)cc1. The monoisotopic (exact) mass is 445 g/mol. The second-order valence-corrected chi connectivity index (χ2v) is 10.1. The van der Waals surface area contributed by atoms with Gasteiger partial charge in [-0.1, -0.05) is 31.9 Å². The molecule has 0 spiro atoms. The van der Waals surface area contributed by atoms with Gasteiger partial charge in [0.2, 0.25) is 0 Å². The first-order valence-electron chi connectivity index (χ1n) is 10.8. The summed E-state index contributed by atoms with van der Waals surface area (Å²) >= 11 is 0. The van der Waals surface area contributed by atoms with Gasteiger partial charge in [-0.3, -0.25) is 4.79 Å². The van der Waals surface area contributed by atoms with Crippen molar-refractivity contribution in [3.8, 4) is 11.5 Å². The summed E-state index contributed by atoms with van der Waals surface area (Å²) < 4.78 is 35.1. The third kappa shape index (κ3) is 6.47. The van der Waals surface area contributed by atoms with Gasteiger partial charge in [0.25, 0.3) is 5.91 Å². The number of rotatable bonds is 10. The third-order valence-corrected chi connectivity index (χ3v) is 7.29. The van der Waals surface area contributed by atoms with E-state index in [2.05, 4.69) is 6.92 Å². The number of carbonyl (C=O) groups excluding carboxylic acids is 1. The highest BCUT2D eigenvalue weighted by Crippen LogP contribution is 2.24. The van der Waals surface area contributed by atoms with Crippen LogP contribution in [0.5, 0.6) is 11.5 Å². The molecule has 1 aliphatic rings. The normalized spacial score (nSPS) is 17.3. The van der Waals surface area contributed by atoms with E-state index in [9.17, 15) is 13.2 Å². The van der Waals surface area contributed by atoms with Gasteiger partial charge in [0.05, 0.1) is 25.2 Å². The van der Waals surface area contributed by atoms with Gasteiger partial charge in [0.15, 0.2) is 9.84 Å². The maximum atomic E-state index is 13.3.